The number of nitrogens with zero attached hydrogens (tertiary/aromatic N) is 2. The van der Waals surface area contributed by atoms with E-state index in [1.54, 1.807) is 42.5 Å². The summed E-state index contributed by atoms with van der Waals surface area (Å²) in [4.78, 5) is 45.6. The van der Waals surface area contributed by atoms with Crippen LogP contribution in [0, 0.1) is 0 Å². The Balaban J connectivity index is 1.37. The second kappa shape index (κ2) is 8.16. The number of aromatic nitrogens is 2. The summed E-state index contributed by atoms with van der Waals surface area (Å²) in [5, 5.41) is 13.6. The van der Waals surface area contributed by atoms with Crippen LogP contribution in [0.4, 0.5) is 0 Å². The quantitative estimate of drug-likeness (QED) is 0.384. The second-order valence-electron chi connectivity index (χ2n) is 7.54. The minimum atomic E-state index is -1.42. The van der Waals surface area contributed by atoms with E-state index >= 15 is 0 Å². The normalized spacial score (nSPS) is 12.1. The molecule has 2 N–H and O–H groups in total. The van der Waals surface area contributed by atoms with Gasteiger partial charge in [-0.15, -0.1) is 0 Å². The zero-order valence-electron chi connectivity index (χ0n) is 17.2. The first-order chi connectivity index (χ1) is 16.0. The molecular formula is C25H17N3O5. The molecule has 1 unspecified atom stereocenters. The monoisotopic (exact) mass is 439 g/mol. The van der Waals surface area contributed by atoms with Crippen molar-refractivity contribution < 1.29 is 23.9 Å². The van der Waals surface area contributed by atoms with Gasteiger partial charge >= 0.3 is 5.97 Å². The van der Waals surface area contributed by atoms with Crippen molar-refractivity contribution in [1.29, 1.82) is 0 Å². The molecule has 162 valence electrons. The minimum Gasteiger partial charge on any atom is -0.480 e. The van der Waals surface area contributed by atoms with Crippen molar-refractivity contribution in [2.24, 2.45) is 0 Å². The molecule has 0 aliphatic rings. The molecule has 5 rings (SSSR count). The van der Waals surface area contributed by atoms with Gasteiger partial charge in [-0.1, -0.05) is 30.3 Å². The number of benzene rings is 3. The highest BCUT2D eigenvalue weighted by Crippen LogP contribution is 2.29. The topological polar surface area (TPSA) is 122 Å². The number of para-hydroxylation sites is 3. The van der Waals surface area contributed by atoms with Crippen molar-refractivity contribution in [3.63, 3.8) is 0 Å². The van der Waals surface area contributed by atoms with Gasteiger partial charge in [-0.2, -0.15) is 0 Å². The highest BCUT2D eigenvalue weighted by molar-refractivity contribution is 6.09. The maximum atomic E-state index is 12.9. The molecule has 1 amide bonds. The van der Waals surface area contributed by atoms with Crippen LogP contribution in [0.1, 0.15) is 27.3 Å². The highest BCUT2D eigenvalue weighted by Gasteiger charge is 2.25. The van der Waals surface area contributed by atoms with Crippen LogP contribution in [0.25, 0.3) is 33.0 Å². The van der Waals surface area contributed by atoms with E-state index in [0.29, 0.717) is 27.8 Å². The molecule has 0 aliphatic heterocycles. The zero-order valence-corrected chi connectivity index (χ0v) is 17.2. The van der Waals surface area contributed by atoms with Gasteiger partial charge in [-0.3, -0.25) is 14.6 Å². The lowest BCUT2D eigenvalue weighted by atomic mass is 10.0. The first kappa shape index (κ1) is 20.3. The van der Waals surface area contributed by atoms with Crippen LogP contribution < -0.4 is 5.32 Å². The van der Waals surface area contributed by atoms with Crippen molar-refractivity contribution in [2.75, 3.05) is 0 Å². The molecule has 0 radical (unpaired) electrons. The Bertz CT molecular complexity index is 1560. The molecule has 3 aromatic carbocycles. The van der Waals surface area contributed by atoms with E-state index in [-0.39, 0.29) is 5.69 Å². The summed E-state index contributed by atoms with van der Waals surface area (Å²) in [5.74, 6) is -2.45. The second-order valence-corrected chi connectivity index (χ2v) is 7.54. The fraction of sp³-hybridized carbons (Fsp3) is 0.0800. The van der Waals surface area contributed by atoms with Crippen LogP contribution in [-0.2, 0) is 4.79 Å². The Labute approximate surface area is 186 Å². The Morgan fingerprint density at radius 1 is 0.909 bits per heavy atom. The smallest absolute Gasteiger partial charge is 0.326 e. The lowest BCUT2D eigenvalue weighted by Gasteiger charge is -2.14. The molecule has 2 aromatic heterocycles. The first-order valence-electron chi connectivity index (χ1n) is 10.2. The molecule has 0 spiro atoms. The number of ketones is 1. The standard InChI is InChI=1S/C25H17N3O5/c29-21(14-9-10-23-16(11-14)15-5-1-4-8-22(15)33-23)12-19(25(31)32)28-24(30)20-13-26-17-6-2-3-7-18(17)27-20/h1-11,13,19H,12H2,(H,28,30)(H,31,32). The van der Waals surface area contributed by atoms with Crippen LogP contribution in [-0.4, -0.2) is 38.8 Å². The van der Waals surface area contributed by atoms with Crippen LogP contribution in [0.15, 0.2) is 77.3 Å². The van der Waals surface area contributed by atoms with Crippen LogP contribution in [0.3, 0.4) is 0 Å². The molecule has 8 heteroatoms. The van der Waals surface area contributed by atoms with Crippen LogP contribution in [0.2, 0.25) is 0 Å². The number of carboxylic acids is 1. The van der Waals surface area contributed by atoms with Crippen molar-refractivity contribution in [3.8, 4) is 0 Å². The molecule has 1 atom stereocenters. The average molecular weight is 439 g/mol. The predicted molar refractivity (Wildman–Crippen MR) is 121 cm³/mol. The number of rotatable bonds is 6. The SMILES string of the molecule is O=C(CC(NC(=O)c1cnc2ccccc2n1)C(=O)O)c1ccc2oc3ccccc3c2c1. The maximum absolute atomic E-state index is 12.9. The summed E-state index contributed by atoms with van der Waals surface area (Å²) in [7, 11) is 0. The highest BCUT2D eigenvalue weighted by atomic mass is 16.4. The summed E-state index contributed by atoms with van der Waals surface area (Å²) < 4.78 is 5.76. The van der Waals surface area contributed by atoms with Crippen molar-refractivity contribution in [3.05, 3.63) is 84.2 Å². The molecule has 2 heterocycles. The lowest BCUT2D eigenvalue weighted by molar-refractivity contribution is -0.139. The average Bonchev–Trinajstić information content (AvgIpc) is 3.21. The van der Waals surface area contributed by atoms with Gasteiger partial charge in [0.05, 0.1) is 17.2 Å². The number of carbonyl (C=O) groups excluding carboxylic acids is 2. The third kappa shape index (κ3) is 3.89. The summed E-state index contributed by atoms with van der Waals surface area (Å²) in [6.07, 6.45) is 0.861. The number of Topliss-reactive ketones (excluding diaryl/α,β-unsaturated/α-hetero) is 1. The summed E-state index contributed by atoms with van der Waals surface area (Å²) >= 11 is 0. The Hall–Kier alpha value is -4.59. The van der Waals surface area contributed by atoms with E-state index in [0.717, 1.165) is 10.8 Å². The Morgan fingerprint density at radius 3 is 2.45 bits per heavy atom. The van der Waals surface area contributed by atoms with E-state index in [9.17, 15) is 19.5 Å². The molecule has 5 aromatic rings. The van der Waals surface area contributed by atoms with Crippen LogP contribution in [0.5, 0.6) is 0 Å². The lowest BCUT2D eigenvalue weighted by Crippen LogP contribution is -2.42. The number of carboxylic acid groups (broad SMARTS) is 1. The fourth-order valence-electron chi connectivity index (χ4n) is 3.70. The minimum absolute atomic E-state index is 0.0290. The molecule has 0 bridgehead atoms. The largest absolute Gasteiger partial charge is 0.480 e. The van der Waals surface area contributed by atoms with E-state index in [4.69, 9.17) is 4.42 Å². The molecule has 0 saturated heterocycles. The predicted octanol–water partition coefficient (Wildman–Crippen LogP) is 3.99. The van der Waals surface area contributed by atoms with Gasteiger partial charge in [0.15, 0.2) is 5.78 Å². The summed E-state index contributed by atoms with van der Waals surface area (Å²) in [5.41, 5.74) is 2.75. The molecule has 8 nitrogen and oxygen atoms in total. The van der Waals surface area contributed by atoms with Crippen molar-refractivity contribution >= 4 is 50.6 Å². The van der Waals surface area contributed by atoms with Gasteiger partial charge in [0.1, 0.15) is 22.9 Å². The van der Waals surface area contributed by atoms with E-state index in [2.05, 4.69) is 15.3 Å². The Morgan fingerprint density at radius 2 is 1.64 bits per heavy atom. The van der Waals surface area contributed by atoms with Gasteiger partial charge < -0.3 is 14.8 Å². The number of hydrogen-bond donors (Lipinski definition) is 2. The molecular weight excluding hydrogens is 422 g/mol. The van der Waals surface area contributed by atoms with Crippen molar-refractivity contribution in [1.82, 2.24) is 15.3 Å². The maximum Gasteiger partial charge on any atom is 0.326 e. The summed E-state index contributed by atoms with van der Waals surface area (Å²) in [6.45, 7) is 0. The molecule has 0 saturated carbocycles. The van der Waals surface area contributed by atoms with Gasteiger partial charge in [0, 0.05) is 22.8 Å². The van der Waals surface area contributed by atoms with Gasteiger partial charge in [-0.25, -0.2) is 9.78 Å². The molecule has 0 aliphatic carbocycles. The van der Waals surface area contributed by atoms with E-state index < -0.39 is 30.1 Å². The number of amides is 1. The number of hydrogen-bond acceptors (Lipinski definition) is 6. The third-order valence-electron chi connectivity index (χ3n) is 5.37. The Kier molecular flexibility index (Phi) is 5.02. The van der Waals surface area contributed by atoms with Crippen molar-refractivity contribution in [2.45, 2.75) is 12.5 Å². The van der Waals surface area contributed by atoms with E-state index in [1.165, 1.54) is 6.20 Å². The van der Waals surface area contributed by atoms with E-state index in [1.807, 2.05) is 24.3 Å². The van der Waals surface area contributed by atoms with Gasteiger partial charge in [0.2, 0.25) is 0 Å². The number of nitrogens with one attached hydrogen (secondary N) is 1. The third-order valence-corrected chi connectivity index (χ3v) is 5.37. The first-order valence-corrected chi connectivity index (χ1v) is 10.2. The number of aliphatic carboxylic acids is 1. The number of furan rings is 1. The molecule has 33 heavy (non-hydrogen) atoms. The van der Waals surface area contributed by atoms with Crippen LogP contribution >= 0.6 is 0 Å². The fourth-order valence-corrected chi connectivity index (χ4v) is 3.70. The summed E-state index contributed by atoms with van der Waals surface area (Å²) in [6, 6.07) is 18.0. The molecule has 0 fully saturated rings. The number of carbonyl (C=O) groups is 3. The van der Waals surface area contributed by atoms with Gasteiger partial charge in [-0.05, 0) is 36.4 Å². The zero-order chi connectivity index (χ0) is 22.9. The van der Waals surface area contributed by atoms with Gasteiger partial charge in [0.25, 0.3) is 5.91 Å². The number of fused-ring (bicyclic) bond motifs is 4.